The molecular formula is C11H16N2O2. The second kappa shape index (κ2) is 5.34. The van der Waals surface area contributed by atoms with Gasteiger partial charge in [-0.2, -0.15) is 0 Å². The molecule has 4 heteroatoms. The van der Waals surface area contributed by atoms with Crippen molar-refractivity contribution in [3.8, 4) is 0 Å². The first-order valence-corrected chi connectivity index (χ1v) is 5.07. The van der Waals surface area contributed by atoms with Crippen LogP contribution in [0.2, 0.25) is 0 Å². The number of rotatable bonds is 4. The smallest absolute Gasteiger partial charge is 0.250 e. The van der Waals surface area contributed by atoms with Crippen LogP contribution in [0.1, 0.15) is 18.9 Å². The number of amides is 1. The molecule has 0 aliphatic heterocycles. The molecule has 0 aromatic carbocycles. The van der Waals surface area contributed by atoms with Gasteiger partial charge in [0, 0.05) is 31.8 Å². The van der Waals surface area contributed by atoms with Crippen molar-refractivity contribution in [2.75, 3.05) is 6.54 Å². The Balaban J connectivity index is 2.58. The van der Waals surface area contributed by atoms with Gasteiger partial charge in [-0.25, -0.2) is 0 Å². The minimum Gasteiger partial charge on any atom is -0.356 e. The molecule has 0 saturated carbocycles. The molecule has 82 valence electrons. The maximum atomic E-state index is 11.4. The quantitative estimate of drug-likeness (QED) is 0.791. The second-order valence-electron chi connectivity index (χ2n) is 3.44. The molecule has 0 spiro atoms. The molecule has 0 saturated heterocycles. The highest BCUT2D eigenvalue weighted by atomic mass is 16.1. The van der Waals surface area contributed by atoms with Crippen molar-refractivity contribution in [3.63, 3.8) is 0 Å². The van der Waals surface area contributed by atoms with Crippen LogP contribution in [0.5, 0.6) is 0 Å². The summed E-state index contributed by atoms with van der Waals surface area (Å²) in [6, 6.07) is 3.43. The standard InChI is InChI=1S/C11H16N2O2/c1-3-12-10(14)5-7-13-6-4-9(2)8-11(13)15/h4,6,8H,3,5,7H2,1-2H3,(H,12,14). The van der Waals surface area contributed by atoms with Gasteiger partial charge in [0.05, 0.1) is 0 Å². The number of carbonyl (C=O) groups excluding carboxylic acids is 1. The van der Waals surface area contributed by atoms with E-state index in [2.05, 4.69) is 5.32 Å². The molecule has 0 bridgehead atoms. The lowest BCUT2D eigenvalue weighted by molar-refractivity contribution is -0.121. The molecule has 1 aromatic heterocycles. The monoisotopic (exact) mass is 208 g/mol. The van der Waals surface area contributed by atoms with Crippen molar-refractivity contribution in [1.82, 2.24) is 9.88 Å². The number of hydrogen-bond acceptors (Lipinski definition) is 2. The number of aryl methyl sites for hydroxylation is 2. The number of nitrogens with one attached hydrogen (secondary N) is 1. The zero-order valence-corrected chi connectivity index (χ0v) is 9.12. The molecule has 1 rings (SSSR count). The van der Waals surface area contributed by atoms with E-state index in [1.165, 1.54) is 0 Å². The zero-order chi connectivity index (χ0) is 11.3. The van der Waals surface area contributed by atoms with Crippen molar-refractivity contribution in [1.29, 1.82) is 0 Å². The van der Waals surface area contributed by atoms with E-state index >= 15 is 0 Å². The minimum atomic E-state index is -0.0562. The number of pyridine rings is 1. The van der Waals surface area contributed by atoms with Crippen LogP contribution in [-0.4, -0.2) is 17.0 Å². The van der Waals surface area contributed by atoms with Crippen molar-refractivity contribution in [2.45, 2.75) is 26.8 Å². The highest BCUT2D eigenvalue weighted by Gasteiger charge is 2.01. The molecule has 0 unspecified atom stereocenters. The Hall–Kier alpha value is -1.58. The van der Waals surface area contributed by atoms with E-state index in [-0.39, 0.29) is 11.5 Å². The minimum absolute atomic E-state index is 0.0232. The van der Waals surface area contributed by atoms with Crippen LogP contribution in [0.4, 0.5) is 0 Å². The maximum absolute atomic E-state index is 11.4. The van der Waals surface area contributed by atoms with E-state index in [4.69, 9.17) is 0 Å². The van der Waals surface area contributed by atoms with Gasteiger partial charge in [0.15, 0.2) is 0 Å². The summed E-state index contributed by atoms with van der Waals surface area (Å²) in [6.07, 6.45) is 2.06. The first-order valence-electron chi connectivity index (χ1n) is 5.07. The van der Waals surface area contributed by atoms with Crippen molar-refractivity contribution < 1.29 is 4.79 Å². The van der Waals surface area contributed by atoms with Gasteiger partial charge in [0.25, 0.3) is 5.56 Å². The Kier molecular flexibility index (Phi) is 4.09. The molecular weight excluding hydrogens is 192 g/mol. The zero-order valence-electron chi connectivity index (χ0n) is 9.12. The van der Waals surface area contributed by atoms with E-state index in [1.807, 2.05) is 19.9 Å². The van der Waals surface area contributed by atoms with Crippen LogP contribution in [0.15, 0.2) is 23.1 Å². The molecule has 0 fully saturated rings. The lowest BCUT2D eigenvalue weighted by Gasteiger charge is -2.05. The van der Waals surface area contributed by atoms with E-state index < -0.39 is 0 Å². The molecule has 1 N–H and O–H groups in total. The highest BCUT2D eigenvalue weighted by molar-refractivity contribution is 5.75. The van der Waals surface area contributed by atoms with Crippen LogP contribution >= 0.6 is 0 Å². The van der Waals surface area contributed by atoms with Crippen molar-refractivity contribution in [3.05, 3.63) is 34.2 Å². The van der Waals surface area contributed by atoms with Crippen molar-refractivity contribution >= 4 is 5.91 Å². The second-order valence-corrected chi connectivity index (χ2v) is 3.44. The highest BCUT2D eigenvalue weighted by Crippen LogP contribution is 1.92. The largest absolute Gasteiger partial charge is 0.356 e. The number of hydrogen-bond donors (Lipinski definition) is 1. The molecule has 0 atom stereocenters. The average Bonchev–Trinajstić information content (AvgIpc) is 2.17. The third-order valence-corrected chi connectivity index (χ3v) is 2.11. The van der Waals surface area contributed by atoms with Crippen LogP contribution < -0.4 is 10.9 Å². The van der Waals surface area contributed by atoms with Gasteiger partial charge in [0.1, 0.15) is 0 Å². The Bertz CT molecular complexity index is 396. The van der Waals surface area contributed by atoms with E-state index in [0.717, 1.165) is 5.56 Å². The van der Waals surface area contributed by atoms with Crippen molar-refractivity contribution in [2.24, 2.45) is 0 Å². The normalized spacial score (nSPS) is 10.0. The van der Waals surface area contributed by atoms with Gasteiger partial charge in [0.2, 0.25) is 5.91 Å². The van der Waals surface area contributed by atoms with Gasteiger partial charge in [-0.3, -0.25) is 9.59 Å². The van der Waals surface area contributed by atoms with Gasteiger partial charge >= 0.3 is 0 Å². The van der Waals surface area contributed by atoms with E-state index in [1.54, 1.807) is 16.8 Å². The average molecular weight is 208 g/mol. The first-order chi connectivity index (χ1) is 7.13. The number of nitrogens with zero attached hydrogens (tertiary/aromatic N) is 1. The lowest BCUT2D eigenvalue weighted by atomic mass is 10.3. The third kappa shape index (κ3) is 3.58. The fourth-order valence-electron chi connectivity index (χ4n) is 1.30. The van der Waals surface area contributed by atoms with E-state index in [0.29, 0.717) is 19.5 Å². The summed E-state index contributed by atoms with van der Waals surface area (Å²) in [5, 5.41) is 2.69. The molecule has 1 aromatic rings. The van der Waals surface area contributed by atoms with Gasteiger partial charge in [-0.15, -0.1) is 0 Å². The Labute approximate surface area is 88.9 Å². The Morgan fingerprint density at radius 1 is 1.53 bits per heavy atom. The van der Waals surface area contributed by atoms with Gasteiger partial charge in [-0.05, 0) is 25.5 Å². The van der Waals surface area contributed by atoms with Gasteiger partial charge in [-0.1, -0.05) is 0 Å². The summed E-state index contributed by atoms with van der Waals surface area (Å²) in [6.45, 7) is 4.80. The first kappa shape index (κ1) is 11.5. The Morgan fingerprint density at radius 3 is 2.87 bits per heavy atom. The number of aromatic nitrogens is 1. The molecule has 1 amide bonds. The summed E-state index contributed by atoms with van der Waals surface area (Å²) in [5.74, 6) is -0.0232. The summed E-state index contributed by atoms with van der Waals surface area (Å²) in [4.78, 5) is 22.6. The van der Waals surface area contributed by atoms with Crippen LogP contribution in [0.25, 0.3) is 0 Å². The number of carbonyl (C=O) groups is 1. The Morgan fingerprint density at radius 2 is 2.27 bits per heavy atom. The van der Waals surface area contributed by atoms with Crippen LogP contribution in [0.3, 0.4) is 0 Å². The summed E-state index contributed by atoms with van der Waals surface area (Å²) in [5.41, 5.74) is 0.883. The predicted molar refractivity (Wildman–Crippen MR) is 58.7 cm³/mol. The summed E-state index contributed by atoms with van der Waals surface area (Å²) in [7, 11) is 0. The molecule has 0 aliphatic rings. The molecule has 4 nitrogen and oxygen atoms in total. The van der Waals surface area contributed by atoms with Crippen LogP contribution in [-0.2, 0) is 11.3 Å². The summed E-state index contributed by atoms with van der Waals surface area (Å²) >= 11 is 0. The fourth-order valence-corrected chi connectivity index (χ4v) is 1.30. The third-order valence-electron chi connectivity index (χ3n) is 2.11. The lowest BCUT2D eigenvalue weighted by Crippen LogP contribution is -2.26. The summed E-state index contributed by atoms with van der Waals surface area (Å²) < 4.78 is 1.54. The molecule has 1 heterocycles. The SMILES string of the molecule is CCNC(=O)CCn1ccc(C)cc1=O. The molecule has 15 heavy (non-hydrogen) atoms. The molecule has 0 radical (unpaired) electrons. The van der Waals surface area contributed by atoms with E-state index in [9.17, 15) is 9.59 Å². The maximum Gasteiger partial charge on any atom is 0.250 e. The fraction of sp³-hybridized carbons (Fsp3) is 0.455. The molecule has 0 aliphatic carbocycles. The van der Waals surface area contributed by atoms with Crippen LogP contribution in [0, 0.1) is 6.92 Å². The topological polar surface area (TPSA) is 51.1 Å². The predicted octanol–water partition coefficient (Wildman–Crippen LogP) is 0.683. The van der Waals surface area contributed by atoms with Gasteiger partial charge < -0.3 is 9.88 Å².